The van der Waals surface area contributed by atoms with Crippen molar-refractivity contribution < 1.29 is 19.6 Å². The monoisotopic (exact) mass is 208 g/mol. The van der Waals surface area contributed by atoms with Gasteiger partial charge in [0.1, 0.15) is 5.75 Å². The van der Waals surface area contributed by atoms with Crippen LogP contribution in [0.2, 0.25) is 6.32 Å². The van der Waals surface area contributed by atoms with E-state index in [9.17, 15) is 4.79 Å². The number of carbonyl (C=O) groups excluding carboxylic acids is 1. The highest BCUT2D eigenvalue weighted by atomic mass is 16.5. The second-order valence-corrected chi connectivity index (χ2v) is 3.20. The van der Waals surface area contributed by atoms with E-state index in [0.717, 1.165) is 0 Å². The molecule has 0 aliphatic heterocycles. The Morgan fingerprint density at radius 1 is 1.33 bits per heavy atom. The molecule has 80 valence electrons. The average Bonchev–Trinajstić information content (AvgIpc) is 2.18. The molecule has 0 aromatic heterocycles. The summed E-state index contributed by atoms with van der Waals surface area (Å²) in [5.74, 6) is 0.619. The van der Waals surface area contributed by atoms with Crippen molar-refractivity contribution in [1.29, 1.82) is 0 Å². The van der Waals surface area contributed by atoms with E-state index in [1.54, 1.807) is 24.3 Å². The highest BCUT2D eigenvalue weighted by Crippen LogP contribution is 2.12. The first-order valence-corrected chi connectivity index (χ1v) is 4.69. The molecule has 4 nitrogen and oxygen atoms in total. The molecule has 0 aliphatic rings. The Balaban J connectivity index is 2.46. The molecule has 0 aliphatic carbocycles. The highest BCUT2D eigenvalue weighted by Gasteiger charge is 2.06. The second kappa shape index (κ2) is 5.53. The lowest BCUT2D eigenvalue weighted by Crippen LogP contribution is -2.14. The fourth-order valence-electron chi connectivity index (χ4n) is 1.07. The van der Waals surface area contributed by atoms with E-state index in [0.29, 0.717) is 11.3 Å². The predicted octanol–water partition coefficient (Wildman–Crippen LogP) is 0.741. The molecule has 0 saturated heterocycles. The summed E-state index contributed by atoms with van der Waals surface area (Å²) >= 11 is 0. The zero-order chi connectivity index (χ0) is 11.3. The fraction of sp³-hybridized carbons (Fsp3) is 0.300. The van der Waals surface area contributed by atoms with Crippen molar-refractivity contribution in [2.75, 3.05) is 6.61 Å². The van der Waals surface area contributed by atoms with E-state index in [-0.39, 0.29) is 18.7 Å². The van der Waals surface area contributed by atoms with Gasteiger partial charge in [-0.25, -0.2) is 0 Å². The third kappa shape index (κ3) is 4.14. The third-order valence-electron chi connectivity index (χ3n) is 1.91. The van der Waals surface area contributed by atoms with Gasteiger partial charge in [0.2, 0.25) is 0 Å². The Hall–Kier alpha value is -1.33. The van der Waals surface area contributed by atoms with Gasteiger partial charge >= 0.3 is 7.12 Å². The lowest BCUT2D eigenvalue weighted by atomic mass is 9.87. The largest absolute Gasteiger partial charge is 0.494 e. The average molecular weight is 208 g/mol. The van der Waals surface area contributed by atoms with Crippen LogP contribution in [0.5, 0.6) is 5.75 Å². The number of benzene rings is 1. The molecule has 0 amide bonds. The maximum absolute atomic E-state index is 11.0. The maximum atomic E-state index is 11.0. The number of rotatable bonds is 5. The van der Waals surface area contributed by atoms with Crippen LogP contribution in [-0.4, -0.2) is 29.6 Å². The highest BCUT2D eigenvalue weighted by molar-refractivity contribution is 6.41. The molecule has 0 bridgehead atoms. The van der Waals surface area contributed by atoms with Crippen LogP contribution in [0.15, 0.2) is 24.3 Å². The van der Waals surface area contributed by atoms with Crippen LogP contribution in [0, 0.1) is 0 Å². The smallest absolute Gasteiger partial charge is 0.454 e. The van der Waals surface area contributed by atoms with Crippen molar-refractivity contribution in [2.24, 2.45) is 0 Å². The van der Waals surface area contributed by atoms with Gasteiger partial charge in [-0.3, -0.25) is 4.79 Å². The molecule has 1 rings (SSSR count). The van der Waals surface area contributed by atoms with E-state index in [2.05, 4.69) is 0 Å². The molecular weight excluding hydrogens is 195 g/mol. The quantitative estimate of drug-likeness (QED) is 0.553. The molecule has 0 unspecified atom stereocenters. The van der Waals surface area contributed by atoms with E-state index >= 15 is 0 Å². The number of hydrogen-bond acceptors (Lipinski definition) is 4. The molecule has 0 spiro atoms. The summed E-state index contributed by atoms with van der Waals surface area (Å²) in [6.07, 6.45) is 0.161. The van der Waals surface area contributed by atoms with Crippen molar-refractivity contribution in [1.82, 2.24) is 0 Å². The molecule has 0 atom stereocenters. The minimum atomic E-state index is -1.35. The Kier molecular flexibility index (Phi) is 4.33. The topological polar surface area (TPSA) is 66.8 Å². The van der Waals surface area contributed by atoms with Gasteiger partial charge in [-0.2, -0.15) is 0 Å². The Labute approximate surface area is 88.6 Å². The van der Waals surface area contributed by atoms with Gasteiger partial charge in [-0.15, -0.1) is 0 Å². The minimum Gasteiger partial charge on any atom is -0.494 e. The third-order valence-corrected chi connectivity index (χ3v) is 1.91. The van der Waals surface area contributed by atoms with Crippen molar-refractivity contribution >= 4 is 12.9 Å². The Morgan fingerprint density at radius 2 is 1.93 bits per heavy atom. The van der Waals surface area contributed by atoms with Crippen LogP contribution in [0.1, 0.15) is 17.3 Å². The van der Waals surface area contributed by atoms with Crippen LogP contribution in [-0.2, 0) is 0 Å². The van der Waals surface area contributed by atoms with Crippen molar-refractivity contribution in [3.63, 3.8) is 0 Å². The summed E-state index contributed by atoms with van der Waals surface area (Å²) in [6.45, 7) is 1.73. The van der Waals surface area contributed by atoms with Crippen molar-refractivity contribution in [3.8, 4) is 5.75 Å². The van der Waals surface area contributed by atoms with Gasteiger partial charge in [-0.05, 0) is 31.2 Å². The summed E-state index contributed by atoms with van der Waals surface area (Å²) < 4.78 is 5.22. The van der Waals surface area contributed by atoms with Crippen LogP contribution in [0.3, 0.4) is 0 Å². The number of ether oxygens (including phenoxy) is 1. The SMILES string of the molecule is CC(=O)c1ccc(OCCB(O)O)cc1. The first-order chi connectivity index (χ1) is 7.09. The normalized spacial score (nSPS) is 9.80. The standard InChI is InChI=1S/C10H13BO4/c1-8(12)9-2-4-10(5-3-9)15-7-6-11(13)14/h2-5,13-14H,6-7H2,1H3. The second-order valence-electron chi connectivity index (χ2n) is 3.20. The molecule has 1 aromatic carbocycles. The Morgan fingerprint density at radius 3 is 2.40 bits per heavy atom. The van der Waals surface area contributed by atoms with Crippen molar-refractivity contribution in [3.05, 3.63) is 29.8 Å². The molecular formula is C10H13BO4. The first kappa shape index (κ1) is 11.7. The summed E-state index contributed by atoms with van der Waals surface area (Å²) in [4.78, 5) is 11.0. The summed E-state index contributed by atoms with van der Waals surface area (Å²) in [5, 5.41) is 17.2. The van der Waals surface area contributed by atoms with Gasteiger partial charge in [0.15, 0.2) is 5.78 Å². The first-order valence-electron chi connectivity index (χ1n) is 4.69. The predicted molar refractivity (Wildman–Crippen MR) is 56.9 cm³/mol. The molecule has 2 N–H and O–H groups in total. The van der Waals surface area contributed by atoms with Gasteiger partial charge in [0, 0.05) is 11.9 Å². The molecule has 0 radical (unpaired) electrons. The lowest BCUT2D eigenvalue weighted by molar-refractivity contribution is 0.101. The number of hydrogen-bond donors (Lipinski definition) is 2. The molecule has 15 heavy (non-hydrogen) atoms. The van der Waals surface area contributed by atoms with Gasteiger partial charge in [-0.1, -0.05) is 0 Å². The van der Waals surface area contributed by atoms with Crippen LogP contribution >= 0.6 is 0 Å². The van der Waals surface area contributed by atoms with Gasteiger partial charge in [0.05, 0.1) is 6.61 Å². The van der Waals surface area contributed by atoms with E-state index < -0.39 is 7.12 Å². The number of ketones is 1. The summed E-state index contributed by atoms with van der Waals surface area (Å²) in [6, 6.07) is 6.71. The zero-order valence-electron chi connectivity index (χ0n) is 8.51. The number of Topliss-reactive ketones (excluding diaryl/α,β-unsaturated/α-hetero) is 1. The molecule has 5 heteroatoms. The Bertz CT molecular complexity index is 321. The maximum Gasteiger partial charge on any atom is 0.454 e. The van der Waals surface area contributed by atoms with Crippen molar-refractivity contribution in [2.45, 2.75) is 13.2 Å². The van der Waals surface area contributed by atoms with Crippen LogP contribution < -0.4 is 4.74 Å². The zero-order valence-corrected chi connectivity index (χ0v) is 8.51. The molecule has 0 saturated carbocycles. The van der Waals surface area contributed by atoms with Crippen LogP contribution in [0.25, 0.3) is 0 Å². The fourth-order valence-corrected chi connectivity index (χ4v) is 1.07. The number of carbonyl (C=O) groups is 1. The van der Waals surface area contributed by atoms with Crippen LogP contribution in [0.4, 0.5) is 0 Å². The van der Waals surface area contributed by atoms with E-state index in [1.165, 1.54) is 6.92 Å². The van der Waals surface area contributed by atoms with E-state index in [4.69, 9.17) is 14.8 Å². The molecule has 0 heterocycles. The molecule has 0 fully saturated rings. The summed E-state index contributed by atoms with van der Waals surface area (Å²) in [5.41, 5.74) is 0.629. The minimum absolute atomic E-state index is 0.00679. The van der Waals surface area contributed by atoms with Gasteiger partial charge < -0.3 is 14.8 Å². The summed E-state index contributed by atoms with van der Waals surface area (Å²) in [7, 11) is -1.35. The molecule has 1 aromatic rings. The lowest BCUT2D eigenvalue weighted by Gasteiger charge is -2.05. The van der Waals surface area contributed by atoms with E-state index in [1.807, 2.05) is 0 Å². The van der Waals surface area contributed by atoms with Gasteiger partial charge in [0.25, 0.3) is 0 Å².